The van der Waals surface area contributed by atoms with E-state index in [1.807, 2.05) is 42.5 Å². The number of nitrogens with zero attached hydrogens (tertiary/aromatic N) is 3. The van der Waals surface area contributed by atoms with E-state index in [0.717, 1.165) is 11.3 Å². The maximum atomic E-state index is 8.81. The fourth-order valence-corrected chi connectivity index (χ4v) is 2.02. The van der Waals surface area contributed by atoms with Gasteiger partial charge >= 0.3 is 0 Å². The maximum absolute atomic E-state index is 8.81. The van der Waals surface area contributed by atoms with Crippen LogP contribution in [-0.4, -0.2) is 11.5 Å². The first-order chi connectivity index (χ1) is 9.85. The van der Waals surface area contributed by atoms with Crippen molar-refractivity contribution in [1.82, 2.24) is 4.98 Å². The minimum atomic E-state index is 0.473. The molecule has 1 aromatic heterocycles. The van der Waals surface area contributed by atoms with Crippen molar-refractivity contribution >= 4 is 11.5 Å². The van der Waals surface area contributed by atoms with Gasteiger partial charge in [-0.3, -0.25) is 0 Å². The van der Waals surface area contributed by atoms with E-state index in [-0.39, 0.29) is 0 Å². The Kier molecular flexibility index (Phi) is 4.93. The van der Waals surface area contributed by atoms with Crippen LogP contribution in [0.2, 0.25) is 0 Å². The third-order valence-electron chi connectivity index (χ3n) is 3.00. The highest BCUT2D eigenvalue weighted by Gasteiger charge is 2.10. The molecule has 20 heavy (non-hydrogen) atoms. The number of benzene rings is 1. The number of nitrogens with one attached hydrogen (secondary N) is 1. The van der Waals surface area contributed by atoms with Gasteiger partial charge in [0.2, 0.25) is 0 Å². The molecule has 5 nitrogen and oxygen atoms in total. The zero-order chi connectivity index (χ0) is 14.2. The average molecular weight is 267 g/mol. The highest BCUT2D eigenvalue weighted by atomic mass is 15.3. The van der Waals surface area contributed by atoms with Crippen LogP contribution in [0.4, 0.5) is 11.5 Å². The molecule has 0 unspecified atom stereocenters. The summed E-state index contributed by atoms with van der Waals surface area (Å²) in [5.74, 6) is 6.14. The van der Waals surface area contributed by atoms with Gasteiger partial charge < -0.3 is 10.3 Å². The molecular weight excluding hydrogens is 250 g/mol. The summed E-state index contributed by atoms with van der Waals surface area (Å²) in [5.41, 5.74) is 4.68. The molecule has 0 saturated carbocycles. The lowest BCUT2D eigenvalue weighted by atomic mass is 10.2. The molecule has 0 bridgehead atoms. The lowest BCUT2D eigenvalue weighted by Crippen LogP contribution is -2.25. The van der Waals surface area contributed by atoms with E-state index in [4.69, 9.17) is 11.1 Å². The molecule has 0 atom stereocenters. The first-order valence-corrected chi connectivity index (χ1v) is 6.42. The normalized spacial score (nSPS) is 9.80. The minimum absolute atomic E-state index is 0.473. The Morgan fingerprint density at radius 1 is 1.20 bits per heavy atom. The van der Waals surface area contributed by atoms with Crippen LogP contribution in [0.15, 0.2) is 48.7 Å². The fraction of sp³-hybridized carbons (Fsp3) is 0.200. The Morgan fingerprint density at radius 2 is 2.00 bits per heavy atom. The van der Waals surface area contributed by atoms with Gasteiger partial charge in [-0.15, -0.1) is 0 Å². The lowest BCUT2D eigenvalue weighted by molar-refractivity contribution is 0.796. The SMILES string of the molecule is N#CCCN(Cc1cccnc1NN)c1ccccc1. The second-order valence-electron chi connectivity index (χ2n) is 4.32. The monoisotopic (exact) mass is 267 g/mol. The molecule has 102 valence electrons. The van der Waals surface area contributed by atoms with Gasteiger partial charge in [-0.05, 0) is 18.2 Å². The summed E-state index contributed by atoms with van der Waals surface area (Å²) in [5, 5.41) is 8.81. The molecule has 2 rings (SSSR count). The second kappa shape index (κ2) is 7.12. The summed E-state index contributed by atoms with van der Waals surface area (Å²) in [7, 11) is 0. The van der Waals surface area contributed by atoms with E-state index in [9.17, 15) is 0 Å². The minimum Gasteiger partial charge on any atom is -0.366 e. The number of nitrogens with two attached hydrogens (primary N) is 1. The molecule has 0 aliphatic rings. The summed E-state index contributed by atoms with van der Waals surface area (Å²) in [6.07, 6.45) is 2.17. The maximum Gasteiger partial charge on any atom is 0.144 e. The van der Waals surface area contributed by atoms with Crippen LogP contribution in [0.1, 0.15) is 12.0 Å². The van der Waals surface area contributed by atoms with Gasteiger partial charge in [0, 0.05) is 30.5 Å². The smallest absolute Gasteiger partial charge is 0.144 e. The summed E-state index contributed by atoms with van der Waals surface area (Å²) in [6, 6.07) is 16.0. The van der Waals surface area contributed by atoms with E-state index in [2.05, 4.69) is 21.4 Å². The van der Waals surface area contributed by atoms with Crippen LogP contribution in [0.5, 0.6) is 0 Å². The van der Waals surface area contributed by atoms with Crippen molar-refractivity contribution in [3.63, 3.8) is 0 Å². The molecule has 1 heterocycles. The van der Waals surface area contributed by atoms with Crippen LogP contribution in [0.25, 0.3) is 0 Å². The number of para-hydroxylation sites is 1. The third kappa shape index (κ3) is 3.46. The summed E-state index contributed by atoms with van der Waals surface area (Å²) < 4.78 is 0. The zero-order valence-corrected chi connectivity index (χ0v) is 11.2. The number of hydrazine groups is 1. The molecule has 0 radical (unpaired) electrons. The number of aromatic nitrogens is 1. The summed E-state index contributed by atoms with van der Waals surface area (Å²) in [4.78, 5) is 6.34. The van der Waals surface area contributed by atoms with Gasteiger partial charge in [-0.25, -0.2) is 10.8 Å². The Balaban J connectivity index is 2.22. The Labute approximate surface area is 118 Å². The number of nitriles is 1. The van der Waals surface area contributed by atoms with Gasteiger partial charge in [-0.2, -0.15) is 5.26 Å². The number of pyridine rings is 1. The Bertz CT molecular complexity index is 576. The van der Waals surface area contributed by atoms with E-state index >= 15 is 0 Å². The van der Waals surface area contributed by atoms with E-state index in [1.165, 1.54) is 0 Å². The van der Waals surface area contributed by atoms with E-state index in [1.54, 1.807) is 6.20 Å². The summed E-state index contributed by atoms with van der Waals surface area (Å²) in [6.45, 7) is 1.32. The molecule has 0 spiro atoms. The average Bonchev–Trinajstić information content (AvgIpc) is 2.52. The molecule has 2 aromatic rings. The Morgan fingerprint density at radius 3 is 2.70 bits per heavy atom. The molecule has 0 saturated heterocycles. The van der Waals surface area contributed by atoms with E-state index < -0.39 is 0 Å². The zero-order valence-electron chi connectivity index (χ0n) is 11.2. The van der Waals surface area contributed by atoms with Gasteiger partial charge in [0.15, 0.2) is 0 Å². The number of nitrogen functional groups attached to an aromatic ring is 1. The quantitative estimate of drug-likeness (QED) is 0.620. The van der Waals surface area contributed by atoms with Crippen LogP contribution in [0, 0.1) is 11.3 Å². The first kappa shape index (κ1) is 13.8. The molecule has 1 aromatic carbocycles. The highest BCUT2D eigenvalue weighted by molar-refractivity contribution is 5.50. The predicted octanol–water partition coefficient (Wildman–Crippen LogP) is 2.29. The van der Waals surface area contributed by atoms with Crippen LogP contribution < -0.4 is 16.2 Å². The number of anilines is 2. The standard InChI is InChI=1S/C15H17N5/c16-9-5-11-20(14-7-2-1-3-8-14)12-13-6-4-10-18-15(13)19-17/h1-4,6-8,10H,5,11-12,17H2,(H,18,19). The number of hydrogen-bond acceptors (Lipinski definition) is 5. The molecule has 0 fully saturated rings. The van der Waals surface area contributed by atoms with Crippen molar-refractivity contribution in [1.29, 1.82) is 5.26 Å². The summed E-state index contributed by atoms with van der Waals surface area (Å²) >= 11 is 0. The van der Waals surface area contributed by atoms with Crippen molar-refractivity contribution in [3.05, 3.63) is 54.2 Å². The lowest BCUT2D eigenvalue weighted by Gasteiger charge is -2.24. The topological polar surface area (TPSA) is 78.0 Å². The van der Waals surface area contributed by atoms with E-state index in [0.29, 0.717) is 25.3 Å². The molecule has 3 N–H and O–H groups in total. The van der Waals surface area contributed by atoms with Crippen molar-refractivity contribution < 1.29 is 0 Å². The molecule has 5 heteroatoms. The van der Waals surface area contributed by atoms with Crippen molar-refractivity contribution in [2.75, 3.05) is 16.9 Å². The first-order valence-electron chi connectivity index (χ1n) is 6.42. The second-order valence-corrected chi connectivity index (χ2v) is 4.32. The molecule has 0 amide bonds. The largest absolute Gasteiger partial charge is 0.366 e. The number of rotatable bonds is 6. The molecular formula is C15H17N5. The highest BCUT2D eigenvalue weighted by Crippen LogP contribution is 2.19. The predicted molar refractivity (Wildman–Crippen MR) is 79.8 cm³/mol. The van der Waals surface area contributed by atoms with Gasteiger partial charge in [0.05, 0.1) is 12.5 Å². The van der Waals surface area contributed by atoms with Crippen molar-refractivity contribution in [3.8, 4) is 6.07 Å². The Hall–Kier alpha value is -2.58. The third-order valence-corrected chi connectivity index (χ3v) is 3.00. The van der Waals surface area contributed by atoms with Crippen LogP contribution in [-0.2, 0) is 6.54 Å². The van der Waals surface area contributed by atoms with Gasteiger partial charge in [-0.1, -0.05) is 24.3 Å². The van der Waals surface area contributed by atoms with Crippen LogP contribution >= 0.6 is 0 Å². The van der Waals surface area contributed by atoms with Gasteiger partial charge in [0.1, 0.15) is 5.82 Å². The fourth-order valence-electron chi connectivity index (χ4n) is 2.02. The van der Waals surface area contributed by atoms with Crippen LogP contribution in [0.3, 0.4) is 0 Å². The van der Waals surface area contributed by atoms with Gasteiger partial charge in [0.25, 0.3) is 0 Å². The van der Waals surface area contributed by atoms with Crippen molar-refractivity contribution in [2.45, 2.75) is 13.0 Å². The number of hydrogen-bond donors (Lipinski definition) is 2. The molecule has 0 aliphatic heterocycles. The van der Waals surface area contributed by atoms with Crippen molar-refractivity contribution in [2.24, 2.45) is 5.84 Å². The molecule has 0 aliphatic carbocycles.